The van der Waals surface area contributed by atoms with Crippen molar-refractivity contribution in [2.45, 2.75) is 34.3 Å². The third-order valence-electron chi connectivity index (χ3n) is 1.58. The van der Waals surface area contributed by atoms with E-state index in [0.29, 0.717) is 6.61 Å². The Morgan fingerprint density at radius 3 is 2.00 bits per heavy atom. The van der Waals surface area contributed by atoms with Crippen LogP contribution < -0.4 is 0 Å². The van der Waals surface area contributed by atoms with E-state index in [4.69, 9.17) is 9.84 Å². The fourth-order valence-electron chi connectivity index (χ4n) is 0.860. The zero-order chi connectivity index (χ0) is 13.5. The van der Waals surface area contributed by atoms with Crippen LogP contribution in [0, 0.1) is 0 Å². The maximum atomic E-state index is 8.54. The van der Waals surface area contributed by atoms with E-state index in [2.05, 4.69) is 6.58 Å². The van der Waals surface area contributed by atoms with E-state index in [-0.39, 0.29) is 6.61 Å². The topological polar surface area (TPSA) is 29.5 Å². The first-order valence-electron chi connectivity index (χ1n) is 6.07. The molecule has 0 fully saturated rings. The molecular weight excluding hydrogens is 212 g/mol. The summed E-state index contributed by atoms with van der Waals surface area (Å²) in [7, 11) is 0. The van der Waals surface area contributed by atoms with Gasteiger partial charge in [-0.3, -0.25) is 0 Å². The van der Waals surface area contributed by atoms with E-state index in [0.717, 1.165) is 17.7 Å². The lowest BCUT2D eigenvalue weighted by Gasteiger charge is -1.95. The minimum Gasteiger partial charge on any atom is -0.392 e. The van der Waals surface area contributed by atoms with Crippen molar-refractivity contribution in [1.29, 1.82) is 0 Å². The van der Waals surface area contributed by atoms with Crippen molar-refractivity contribution in [3.63, 3.8) is 0 Å². The number of ether oxygens (including phenoxy) is 1. The summed E-state index contributed by atoms with van der Waals surface area (Å²) in [5, 5.41) is 8.54. The summed E-state index contributed by atoms with van der Waals surface area (Å²) in [6.45, 7) is 13.2. The molecular formula is C15H26O2. The van der Waals surface area contributed by atoms with Gasteiger partial charge in [0, 0.05) is 6.61 Å². The minimum absolute atomic E-state index is 0.140. The second-order valence-electron chi connectivity index (χ2n) is 3.24. The molecule has 0 spiro atoms. The zero-order valence-electron chi connectivity index (χ0n) is 11.6. The summed E-state index contributed by atoms with van der Waals surface area (Å²) >= 11 is 0. The van der Waals surface area contributed by atoms with Gasteiger partial charge in [0.05, 0.1) is 13.2 Å². The Labute approximate surface area is 106 Å². The molecule has 0 unspecified atom stereocenters. The molecule has 1 aromatic rings. The van der Waals surface area contributed by atoms with Gasteiger partial charge in [-0.05, 0) is 19.4 Å². The second kappa shape index (κ2) is 14.9. The molecule has 1 aromatic carbocycles. The third kappa shape index (κ3) is 14.9. The van der Waals surface area contributed by atoms with Crippen molar-refractivity contribution in [2.24, 2.45) is 0 Å². The first-order valence-corrected chi connectivity index (χ1v) is 6.07. The molecule has 0 atom stereocenters. The molecule has 0 aliphatic heterocycles. The summed E-state index contributed by atoms with van der Waals surface area (Å²) in [6, 6.07) is 9.52. The van der Waals surface area contributed by atoms with Crippen LogP contribution in [0.15, 0.2) is 42.5 Å². The molecule has 0 bridgehead atoms. The van der Waals surface area contributed by atoms with Gasteiger partial charge in [0.1, 0.15) is 0 Å². The molecule has 0 saturated heterocycles. The van der Waals surface area contributed by atoms with Gasteiger partial charge in [-0.2, -0.15) is 0 Å². The summed E-state index contributed by atoms with van der Waals surface area (Å²) in [4.78, 5) is 0. The van der Waals surface area contributed by atoms with Gasteiger partial charge in [-0.15, -0.1) is 0 Å². The summed E-state index contributed by atoms with van der Waals surface area (Å²) in [5.74, 6) is 0. The maximum absolute atomic E-state index is 8.54. The van der Waals surface area contributed by atoms with Crippen molar-refractivity contribution in [2.75, 3.05) is 13.2 Å². The number of hydrogen-bond donors (Lipinski definition) is 1. The van der Waals surface area contributed by atoms with Crippen LogP contribution in [-0.4, -0.2) is 18.3 Å². The molecule has 1 N–H and O–H groups in total. The average molecular weight is 238 g/mol. The Balaban J connectivity index is 0. The van der Waals surface area contributed by atoms with Crippen molar-refractivity contribution in [3.05, 3.63) is 48.0 Å². The molecule has 0 amide bonds. The molecule has 0 aromatic heterocycles. The predicted octanol–water partition coefficient (Wildman–Crippen LogP) is 3.80. The fraction of sp³-hybridized carbons (Fsp3) is 0.467. The van der Waals surface area contributed by atoms with Crippen LogP contribution in [0.2, 0.25) is 0 Å². The van der Waals surface area contributed by atoms with Crippen LogP contribution in [0.1, 0.15) is 33.3 Å². The van der Waals surface area contributed by atoms with Crippen LogP contribution in [0.4, 0.5) is 0 Å². The van der Waals surface area contributed by atoms with Crippen molar-refractivity contribution in [1.82, 2.24) is 0 Å². The molecule has 17 heavy (non-hydrogen) atoms. The normalized spacial score (nSPS) is 8.29. The largest absolute Gasteiger partial charge is 0.392 e. The molecule has 98 valence electrons. The highest BCUT2D eigenvalue weighted by Crippen LogP contribution is 1.95. The number of rotatable bonds is 4. The first-order chi connectivity index (χ1) is 8.20. The van der Waals surface area contributed by atoms with Crippen molar-refractivity contribution >= 4 is 0 Å². The quantitative estimate of drug-likeness (QED) is 0.808. The zero-order valence-corrected chi connectivity index (χ0v) is 11.6. The van der Waals surface area contributed by atoms with E-state index in [9.17, 15) is 0 Å². The minimum atomic E-state index is 0.140. The Kier molecular flexibility index (Phi) is 16.0. The van der Waals surface area contributed by atoms with E-state index in [1.54, 1.807) is 0 Å². The molecule has 2 nitrogen and oxygen atoms in total. The van der Waals surface area contributed by atoms with Crippen molar-refractivity contribution in [3.8, 4) is 0 Å². The standard InChI is InChI=1S/C7H8O.C6H12O.C2H6/c8-6-7-4-2-1-3-5-7;1-4-7-5-6(2)3;1-2/h1-5,8H,6H2;2,4-5H2,1,3H3;1-2H3. The predicted molar refractivity (Wildman–Crippen MR) is 75.0 cm³/mol. The van der Waals surface area contributed by atoms with E-state index in [1.165, 1.54) is 0 Å². The Bertz CT molecular complexity index is 255. The number of aliphatic hydroxyl groups excluding tert-OH is 1. The van der Waals surface area contributed by atoms with Gasteiger partial charge in [-0.25, -0.2) is 0 Å². The van der Waals surface area contributed by atoms with Crippen LogP contribution in [-0.2, 0) is 11.3 Å². The van der Waals surface area contributed by atoms with Crippen molar-refractivity contribution < 1.29 is 9.84 Å². The van der Waals surface area contributed by atoms with Crippen LogP contribution in [0.5, 0.6) is 0 Å². The summed E-state index contributed by atoms with van der Waals surface area (Å²) in [6.07, 6.45) is 0. The highest BCUT2D eigenvalue weighted by Gasteiger charge is 1.81. The Morgan fingerprint density at radius 1 is 1.24 bits per heavy atom. The lowest BCUT2D eigenvalue weighted by Crippen LogP contribution is -1.92. The monoisotopic (exact) mass is 238 g/mol. The Hall–Kier alpha value is -1.12. The second-order valence-corrected chi connectivity index (χ2v) is 3.24. The molecule has 0 saturated carbocycles. The van der Waals surface area contributed by atoms with Crippen LogP contribution in [0.3, 0.4) is 0 Å². The molecule has 0 aliphatic carbocycles. The van der Waals surface area contributed by atoms with Gasteiger partial charge >= 0.3 is 0 Å². The fourth-order valence-corrected chi connectivity index (χ4v) is 0.860. The maximum Gasteiger partial charge on any atom is 0.0681 e. The van der Waals surface area contributed by atoms with E-state index < -0.39 is 0 Å². The third-order valence-corrected chi connectivity index (χ3v) is 1.58. The smallest absolute Gasteiger partial charge is 0.0681 e. The SMILES string of the molecule is C=C(C)COCC.CC.OCc1ccccc1. The Morgan fingerprint density at radius 2 is 1.76 bits per heavy atom. The van der Waals surface area contributed by atoms with Gasteiger partial charge < -0.3 is 9.84 Å². The van der Waals surface area contributed by atoms with E-state index >= 15 is 0 Å². The summed E-state index contributed by atoms with van der Waals surface area (Å²) in [5.41, 5.74) is 2.05. The van der Waals surface area contributed by atoms with Crippen LogP contribution >= 0.6 is 0 Å². The molecule has 0 radical (unpaired) electrons. The lowest BCUT2D eigenvalue weighted by molar-refractivity contribution is 0.171. The summed E-state index contributed by atoms with van der Waals surface area (Å²) < 4.78 is 5.00. The molecule has 0 heterocycles. The highest BCUT2D eigenvalue weighted by atomic mass is 16.5. The van der Waals surface area contributed by atoms with Gasteiger partial charge in [0.15, 0.2) is 0 Å². The average Bonchev–Trinajstić information content (AvgIpc) is 2.40. The highest BCUT2D eigenvalue weighted by molar-refractivity contribution is 5.12. The van der Waals surface area contributed by atoms with Gasteiger partial charge in [-0.1, -0.05) is 56.3 Å². The molecule has 0 aliphatic rings. The first kappa shape index (κ1) is 18.3. The van der Waals surface area contributed by atoms with Gasteiger partial charge in [0.25, 0.3) is 0 Å². The molecule has 1 rings (SSSR count). The number of hydrogen-bond acceptors (Lipinski definition) is 2. The van der Waals surface area contributed by atoms with E-state index in [1.807, 2.05) is 58.0 Å². The molecule has 2 heteroatoms. The van der Waals surface area contributed by atoms with Crippen LogP contribution in [0.25, 0.3) is 0 Å². The number of aliphatic hydroxyl groups is 1. The number of benzene rings is 1. The lowest BCUT2D eigenvalue weighted by atomic mass is 10.2. The van der Waals surface area contributed by atoms with Gasteiger partial charge in [0.2, 0.25) is 0 Å².